The van der Waals surface area contributed by atoms with Crippen molar-refractivity contribution in [3.05, 3.63) is 42.6 Å². The Morgan fingerprint density at radius 3 is 2.94 bits per heavy atom. The average Bonchev–Trinajstić information content (AvgIpc) is 2.80. The summed E-state index contributed by atoms with van der Waals surface area (Å²) < 4.78 is 1.99. The second-order valence-corrected chi connectivity index (χ2v) is 4.12. The first-order valence-electron chi connectivity index (χ1n) is 5.71. The van der Waals surface area contributed by atoms with Crippen LogP contribution in [0, 0.1) is 0 Å². The fraction of sp³-hybridized carbons (Fsp3) is 0.154. The van der Waals surface area contributed by atoms with Crippen LogP contribution in [0.15, 0.2) is 36.8 Å². The van der Waals surface area contributed by atoms with Crippen molar-refractivity contribution in [3.8, 4) is 11.3 Å². The Morgan fingerprint density at radius 2 is 2.11 bits per heavy atom. The predicted molar refractivity (Wildman–Crippen MR) is 69.6 cm³/mol. The van der Waals surface area contributed by atoms with Crippen LogP contribution >= 0.6 is 0 Å². The molecule has 5 heteroatoms. The average molecular weight is 239 g/mol. The smallest absolute Gasteiger partial charge is 0.142 e. The molecule has 2 heterocycles. The van der Waals surface area contributed by atoms with Crippen LogP contribution in [0.25, 0.3) is 22.3 Å². The molecule has 0 saturated heterocycles. The van der Waals surface area contributed by atoms with Gasteiger partial charge in [-0.2, -0.15) is 0 Å². The summed E-state index contributed by atoms with van der Waals surface area (Å²) in [5.74, 6) is 0.647. The molecule has 0 spiro atoms. The molecular formula is C13H13N5. The van der Waals surface area contributed by atoms with Gasteiger partial charge >= 0.3 is 0 Å². The number of rotatable bonds is 2. The van der Waals surface area contributed by atoms with E-state index in [1.807, 2.05) is 35.9 Å². The Kier molecular flexibility index (Phi) is 2.53. The van der Waals surface area contributed by atoms with Gasteiger partial charge in [0.05, 0.1) is 29.6 Å². The molecule has 0 bridgehead atoms. The second kappa shape index (κ2) is 4.19. The minimum absolute atomic E-state index is 0.347. The zero-order valence-electron chi connectivity index (χ0n) is 10.0. The molecule has 5 nitrogen and oxygen atoms in total. The number of nitrogens with two attached hydrogens (primary N) is 1. The van der Waals surface area contributed by atoms with Crippen LogP contribution in [-0.4, -0.2) is 19.5 Å². The van der Waals surface area contributed by atoms with E-state index in [1.165, 1.54) is 0 Å². The standard InChI is InChI=1S/C13H13N5/c1-18-8-16-11-6-9(2-3-12(11)18)10-4-5-15-13(7-14)17-10/h2-6,8H,7,14H2,1H3. The van der Waals surface area contributed by atoms with Gasteiger partial charge in [-0.15, -0.1) is 0 Å². The van der Waals surface area contributed by atoms with Crippen LogP contribution < -0.4 is 5.73 Å². The third kappa shape index (κ3) is 1.74. The van der Waals surface area contributed by atoms with Crippen molar-refractivity contribution in [2.75, 3.05) is 0 Å². The van der Waals surface area contributed by atoms with E-state index in [4.69, 9.17) is 5.73 Å². The molecule has 1 aromatic carbocycles. The quantitative estimate of drug-likeness (QED) is 0.735. The van der Waals surface area contributed by atoms with Gasteiger partial charge in [0.1, 0.15) is 5.82 Å². The molecule has 90 valence electrons. The molecule has 0 atom stereocenters. The molecule has 0 aliphatic carbocycles. The molecular weight excluding hydrogens is 226 g/mol. The first-order chi connectivity index (χ1) is 8.78. The summed E-state index contributed by atoms with van der Waals surface area (Å²) in [7, 11) is 1.98. The van der Waals surface area contributed by atoms with Crippen LogP contribution in [0.3, 0.4) is 0 Å². The minimum Gasteiger partial charge on any atom is -0.334 e. The number of fused-ring (bicyclic) bond motifs is 1. The van der Waals surface area contributed by atoms with Crippen molar-refractivity contribution < 1.29 is 0 Å². The lowest BCUT2D eigenvalue weighted by atomic mass is 10.1. The topological polar surface area (TPSA) is 69.6 Å². The highest BCUT2D eigenvalue weighted by atomic mass is 15.0. The summed E-state index contributed by atoms with van der Waals surface area (Å²) in [4.78, 5) is 12.8. The van der Waals surface area contributed by atoms with E-state index in [1.54, 1.807) is 12.5 Å². The lowest BCUT2D eigenvalue weighted by Crippen LogP contribution is -2.02. The maximum atomic E-state index is 5.55. The summed E-state index contributed by atoms with van der Waals surface area (Å²) in [6.45, 7) is 0.347. The summed E-state index contributed by atoms with van der Waals surface area (Å²) in [6.07, 6.45) is 3.53. The zero-order valence-corrected chi connectivity index (χ0v) is 10.0. The van der Waals surface area contributed by atoms with Crippen molar-refractivity contribution >= 4 is 11.0 Å². The van der Waals surface area contributed by atoms with Crippen molar-refractivity contribution in [1.29, 1.82) is 0 Å². The molecule has 0 fully saturated rings. The summed E-state index contributed by atoms with van der Waals surface area (Å²) in [5, 5.41) is 0. The Labute approximate surface area is 104 Å². The lowest BCUT2D eigenvalue weighted by molar-refractivity contribution is 0.912. The maximum Gasteiger partial charge on any atom is 0.142 e. The van der Waals surface area contributed by atoms with Gasteiger partial charge in [-0.05, 0) is 18.2 Å². The highest BCUT2D eigenvalue weighted by Gasteiger charge is 2.05. The number of imidazole rings is 1. The molecule has 0 aliphatic rings. The number of aryl methyl sites for hydroxylation is 1. The van der Waals surface area contributed by atoms with Crippen molar-refractivity contribution in [1.82, 2.24) is 19.5 Å². The van der Waals surface area contributed by atoms with Crippen molar-refractivity contribution in [2.45, 2.75) is 6.54 Å². The first-order valence-corrected chi connectivity index (χ1v) is 5.71. The molecule has 2 aromatic heterocycles. The van der Waals surface area contributed by atoms with Gasteiger partial charge in [-0.25, -0.2) is 15.0 Å². The Morgan fingerprint density at radius 1 is 1.22 bits per heavy atom. The normalized spacial score (nSPS) is 11.0. The van der Waals surface area contributed by atoms with Gasteiger partial charge in [0.25, 0.3) is 0 Å². The Bertz CT molecular complexity index is 701. The van der Waals surface area contributed by atoms with Gasteiger partial charge in [-0.1, -0.05) is 6.07 Å². The number of aromatic nitrogens is 4. The van der Waals surface area contributed by atoms with Crippen LogP contribution in [0.5, 0.6) is 0 Å². The van der Waals surface area contributed by atoms with Crippen molar-refractivity contribution in [2.24, 2.45) is 12.8 Å². The van der Waals surface area contributed by atoms with Gasteiger partial charge in [0.15, 0.2) is 0 Å². The van der Waals surface area contributed by atoms with Crippen LogP contribution in [0.2, 0.25) is 0 Å². The molecule has 0 unspecified atom stereocenters. The second-order valence-electron chi connectivity index (χ2n) is 4.12. The van der Waals surface area contributed by atoms with E-state index in [0.29, 0.717) is 12.4 Å². The molecule has 18 heavy (non-hydrogen) atoms. The fourth-order valence-corrected chi connectivity index (χ4v) is 1.95. The third-order valence-corrected chi connectivity index (χ3v) is 2.91. The number of nitrogens with zero attached hydrogens (tertiary/aromatic N) is 4. The lowest BCUT2D eigenvalue weighted by Gasteiger charge is -2.03. The number of hydrogen-bond acceptors (Lipinski definition) is 4. The molecule has 0 amide bonds. The highest BCUT2D eigenvalue weighted by Crippen LogP contribution is 2.21. The van der Waals surface area contributed by atoms with Crippen LogP contribution in [0.4, 0.5) is 0 Å². The van der Waals surface area contributed by atoms with Gasteiger partial charge < -0.3 is 10.3 Å². The summed E-state index contributed by atoms with van der Waals surface area (Å²) in [5.41, 5.74) is 9.51. The largest absolute Gasteiger partial charge is 0.334 e. The van der Waals surface area contributed by atoms with Gasteiger partial charge in [-0.3, -0.25) is 0 Å². The molecule has 3 rings (SSSR count). The van der Waals surface area contributed by atoms with E-state index in [0.717, 1.165) is 22.3 Å². The van der Waals surface area contributed by atoms with E-state index in [9.17, 15) is 0 Å². The molecule has 0 radical (unpaired) electrons. The predicted octanol–water partition coefficient (Wildman–Crippen LogP) is 1.49. The number of hydrogen-bond donors (Lipinski definition) is 1. The van der Waals surface area contributed by atoms with E-state index in [2.05, 4.69) is 15.0 Å². The maximum absolute atomic E-state index is 5.55. The van der Waals surface area contributed by atoms with E-state index >= 15 is 0 Å². The zero-order chi connectivity index (χ0) is 12.5. The summed E-state index contributed by atoms with van der Waals surface area (Å²) in [6, 6.07) is 7.98. The molecule has 2 N–H and O–H groups in total. The van der Waals surface area contributed by atoms with Crippen molar-refractivity contribution in [3.63, 3.8) is 0 Å². The van der Waals surface area contributed by atoms with Gasteiger partial charge in [0.2, 0.25) is 0 Å². The van der Waals surface area contributed by atoms with Crippen LogP contribution in [0.1, 0.15) is 5.82 Å². The Balaban J connectivity index is 2.13. The molecule has 3 aromatic rings. The fourth-order valence-electron chi connectivity index (χ4n) is 1.95. The highest BCUT2D eigenvalue weighted by molar-refractivity contribution is 5.81. The van der Waals surface area contributed by atoms with E-state index in [-0.39, 0.29) is 0 Å². The number of benzene rings is 1. The monoisotopic (exact) mass is 239 g/mol. The summed E-state index contributed by atoms with van der Waals surface area (Å²) >= 11 is 0. The SMILES string of the molecule is Cn1cnc2cc(-c3ccnc(CN)n3)ccc21. The Hall–Kier alpha value is -2.27. The minimum atomic E-state index is 0.347. The van der Waals surface area contributed by atoms with E-state index < -0.39 is 0 Å². The van der Waals surface area contributed by atoms with Crippen LogP contribution in [-0.2, 0) is 13.6 Å². The third-order valence-electron chi connectivity index (χ3n) is 2.91. The van der Waals surface area contributed by atoms with Gasteiger partial charge in [0, 0.05) is 18.8 Å². The first kappa shape index (κ1) is 10.9. The molecule has 0 saturated carbocycles. The molecule has 0 aliphatic heterocycles.